The van der Waals surface area contributed by atoms with E-state index in [0.717, 1.165) is 30.0 Å². The molecule has 2 nitrogen and oxygen atoms in total. The summed E-state index contributed by atoms with van der Waals surface area (Å²) in [7, 11) is 1.69. The largest absolute Gasteiger partial charge is 0.497 e. The van der Waals surface area contributed by atoms with E-state index in [2.05, 4.69) is 37.3 Å². The van der Waals surface area contributed by atoms with E-state index in [4.69, 9.17) is 9.73 Å². The van der Waals surface area contributed by atoms with Crippen LogP contribution in [0.3, 0.4) is 0 Å². The van der Waals surface area contributed by atoms with Crippen molar-refractivity contribution in [1.82, 2.24) is 0 Å². The van der Waals surface area contributed by atoms with E-state index in [1.165, 1.54) is 16.7 Å². The lowest BCUT2D eigenvalue weighted by atomic mass is 9.92. The Morgan fingerprint density at radius 1 is 1.05 bits per heavy atom. The third-order valence-corrected chi connectivity index (χ3v) is 3.54. The fourth-order valence-electron chi connectivity index (χ4n) is 2.50. The number of benzene rings is 2. The van der Waals surface area contributed by atoms with Gasteiger partial charge in [0.1, 0.15) is 5.75 Å². The smallest absolute Gasteiger partial charge is 0.118 e. The Labute approximate surface area is 113 Å². The van der Waals surface area contributed by atoms with Gasteiger partial charge in [0.15, 0.2) is 0 Å². The maximum Gasteiger partial charge on any atom is 0.118 e. The number of fused-ring (bicyclic) bond motifs is 1. The van der Waals surface area contributed by atoms with Crippen LogP contribution in [-0.2, 0) is 6.42 Å². The predicted molar refractivity (Wildman–Crippen MR) is 78.4 cm³/mol. The van der Waals surface area contributed by atoms with Crippen molar-refractivity contribution in [2.45, 2.75) is 13.3 Å². The summed E-state index contributed by atoms with van der Waals surface area (Å²) in [4.78, 5) is 4.71. The first-order valence-electron chi connectivity index (χ1n) is 6.57. The van der Waals surface area contributed by atoms with Crippen molar-refractivity contribution in [2.24, 2.45) is 4.99 Å². The van der Waals surface area contributed by atoms with E-state index in [-0.39, 0.29) is 0 Å². The second kappa shape index (κ2) is 4.88. The zero-order valence-electron chi connectivity index (χ0n) is 11.3. The van der Waals surface area contributed by atoms with Crippen LogP contribution in [0.25, 0.3) is 0 Å². The highest BCUT2D eigenvalue weighted by Crippen LogP contribution is 2.23. The Kier molecular flexibility index (Phi) is 3.08. The van der Waals surface area contributed by atoms with Crippen LogP contribution >= 0.6 is 0 Å². The second-order valence-electron chi connectivity index (χ2n) is 4.87. The van der Waals surface area contributed by atoms with Gasteiger partial charge in [-0.2, -0.15) is 0 Å². The number of aryl methyl sites for hydroxylation is 1. The zero-order chi connectivity index (χ0) is 13.2. The summed E-state index contributed by atoms with van der Waals surface area (Å²) < 4.78 is 5.21. The summed E-state index contributed by atoms with van der Waals surface area (Å²) in [6.45, 7) is 3.00. The van der Waals surface area contributed by atoms with Crippen LogP contribution in [0.2, 0.25) is 0 Å². The van der Waals surface area contributed by atoms with Crippen LogP contribution in [0, 0.1) is 6.92 Å². The molecule has 0 saturated heterocycles. The second-order valence-corrected chi connectivity index (χ2v) is 4.87. The molecule has 0 amide bonds. The molecule has 0 unspecified atom stereocenters. The number of hydrogen-bond donors (Lipinski definition) is 0. The lowest BCUT2D eigenvalue weighted by molar-refractivity contribution is 0.415. The monoisotopic (exact) mass is 251 g/mol. The minimum atomic E-state index is 0.872. The highest BCUT2D eigenvalue weighted by Gasteiger charge is 2.15. The van der Waals surface area contributed by atoms with Crippen molar-refractivity contribution in [3.63, 3.8) is 0 Å². The molecule has 0 saturated carbocycles. The molecule has 0 aromatic heterocycles. The lowest BCUT2D eigenvalue weighted by Gasteiger charge is -2.18. The Bertz CT molecular complexity index is 626. The number of methoxy groups -OCH3 is 1. The summed E-state index contributed by atoms with van der Waals surface area (Å²) in [5.41, 5.74) is 6.21. The molecular formula is C17H17NO. The summed E-state index contributed by atoms with van der Waals surface area (Å²) >= 11 is 0. The molecule has 0 spiro atoms. The van der Waals surface area contributed by atoms with Crippen molar-refractivity contribution in [2.75, 3.05) is 13.7 Å². The highest BCUT2D eigenvalue weighted by molar-refractivity contribution is 6.14. The molecular weight excluding hydrogens is 234 g/mol. The van der Waals surface area contributed by atoms with Crippen LogP contribution in [0.5, 0.6) is 5.75 Å². The molecule has 2 aromatic carbocycles. The van der Waals surface area contributed by atoms with Gasteiger partial charge in [-0.3, -0.25) is 4.99 Å². The van der Waals surface area contributed by atoms with Crippen LogP contribution in [-0.4, -0.2) is 19.4 Å². The van der Waals surface area contributed by atoms with E-state index in [0.29, 0.717) is 0 Å². The Balaban J connectivity index is 2.05. The van der Waals surface area contributed by atoms with Gasteiger partial charge in [0.2, 0.25) is 0 Å². The molecule has 0 radical (unpaired) electrons. The van der Waals surface area contributed by atoms with Gasteiger partial charge in [-0.15, -0.1) is 0 Å². The number of aliphatic imine (C=N–C) groups is 1. The maximum atomic E-state index is 5.21. The molecule has 1 aliphatic rings. The molecule has 2 heteroatoms. The zero-order valence-corrected chi connectivity index (χ0v) is 11.3. The molecule has 0 fully saturated rings. The van der Waals surface area contributed by atoms with Crippen LogP contribution in [0.1, 0.15) is 22.3 Å². The van der Waals surface area contributed by atoms with Gasteiger partial charge >= 0.3 is 0 Å². The molecule has 0 atom stereocenters. The van der Waals surface area contributed by atoms with Crippen molar-refractivity contribution < 1.29 is 4.74 Å². The molecule has 3 rings (SSSR count). The molecule has 0 aliphatic carbocycles. The molecule has 96 valence electrons. The first-order chi connectivity index (χ1) is 9.28. The van der Waals surface area contributed by atoms with Gasteiger partial charge in [0.25, 0.3) is 0 Å². The fourth-order valence-corrected chi connectivity index (χ4v) is 2.50. The third-order valence-electron chi connectivity index (χ3n) is 3.54. The van der Waals surface area contributed by atoms with Gasteiger partial charge in [-0.25, -0.2) is 0 Å². The van der Waals surface area contributed by atoms with Crippen molar-refractivity contribution >= 4 is 5.71 Å². The topological polar surface area (TPSA) is 21.6 Å². The van der Waals surface area contributed by atoms with Crippen LogP contribution < -0.4 is 4.74 Å². The normalized spacial score (nSPS) is 13.7. The number of nitrogens with zero attached hydrogens (tertiary/aromatic N) is 1. The van der Waals surface area contributed by atoms with Gasteiger partial charge in [-0.1, -0.05) is 17.7 Å². The van der Waals surface area contributed by atoms with E-state index < -0.39 is 0 Å². The van der Waals surface area contributed by atoms with Crippen molar-refractivity contribution in [3.05, 3.63) is 64.7 Å². The summed E-state index contributed by atoms with van der Waals surface area (Å²) in [6.07, 6.45) is 1.04. The average Bonchev–Trinajstić information content (AvgIpc) is 2.47. The lowest BCUT2D eigenvalue weighted by Crippen LogP contribution is -2.14. The highest BCUT2D eigenvalue weighted by atomic mass is 16.5. The standard InChI is InChI=1S/C17H17NO/c1-12-3-4-13-9-10-18-17(16(13)11-12)14-5-7-15(19-2)8-6-14/h3-8,11H,9-10H2,1-2H3. The molecule has 1 aliphatic heterocycles. The Hall–Kier alpha value is -2.09. The van der Waals surface area contributed by atoms with Crippen LogP contribution in [0.4, 0.5) is 0 Å². The fraction of sp³-hybridized carbons (Fsp3) is 0.235. The quantitative estimate of drug-likeness (QED) is 0.801. The van der Waals surface area contributed by atoms with Gasteiger partial charge in [0.05, 0.1) is 12.8 Å². The Morgan fingerprint density at radius 3 is 2.58 bits per heavy atom. The van der Waals surface area contributed by atoms with E-state index in [1.807, 2.05) is 12.1 Å². The molecule has 1 heterocycles. The number of hydrogen-bond acceptors (Lipinski definition) is 2. The van der Waals surface area contributed by atoms with Gasteiger partial charge in [-0.05, 0) is 49.2 Å². The van der Waals surface area contributed by atoms with E-state index >= 15 is 0 Å². The number of rotatable bonds is 2. The SMILES string of the molecule is COc1ccc(C2=NCCc3ccc(C)cc32)cc1. The van der Waals surface area contributed by atoms with E-state index in [9.17, 15) is 0 Å². The first-order valence-corrected chi connectivity index (χ1v) is 6.57. The Morgan fingerprint density at radius 2 is 1.84 bits per heavy atom. The minimum absolute atomic E-state index is 0.872. The molecule has 19 heavy (non-hydrogen) atoms. The molecule has 0 N–H and O–H groups in total. The summed E-state index contributed by atoms with van der Waals surface area (Å²) in [5.74, 6) is 0.879. The van der Waals surface area contributed by atoms with Crippen molar-refractivity contribution in [3.8, 4) is 5.75 Å². The van der Waals surface area contributed by atoms with Gasteiger partial charge < -0.3 is 4.74 Å². The predicted octanol–water partition coefficient (Wildman–Crippen LogP) is 3.40. The maximum absolute atomic E-state index is 5.21. The summed E-state index contributed by atoms with van der Waals surface area (Å²) in [6, 6.07) is 14.8. The third kappa shape index (κ3) is 2.26. The average molecular weight is 251 g/mol. The molecule has 0 bridgehead atoms. The van der Waals surface area contributed by atoms with Crippen molar-refractivity contribution in [1.29, 1.82) is 0 Å². The van der Waals surface area contributed by atoms with Crippen LogP contribution in [0.15, 0.2) is 47.5 Å². The van der Waals surface area contributed by atoms with Gasteiger partial charge in [0, 0.05) is 17.7 Å². The minimum Gasteiger partial charge on any atom is -0.497 e. The molecule has 2 aromatic rings. The first kappa shape index (κ1) is 12.0. The van der Waals surface area contributed by atoms with E-state index in [1.54, 1.807) is 7.11 Å². The summed E-state index contributed by atoms with van der Waals surface area (Å²) in [5, 5.41) is 0. The number of ether oxygens (including phenoxy) is 1.